The molecule has 1 atom stereocenters. The van der Waals surface area contributed by atoms with Crippen LogP contribution in [0.5, 0.6) is 11.5 Å². The lowest BCUT2D eigenvalue weighted by atomic mass is 9.95. The van der Waals surface area contributed by atoms with Gasteiger partial charge in [0.15, 0.2) is 0 Å². The minimum atomic E-state index is -5.08. The molecule has 18 heteroatoms. The number of methoxy groups -OCH3 is 2. The van der Waals surface area contributed by atoms with Gasteiger partial charge in [0.05, 0.1) is 31.6 Å². The fraction of sp³-hybridized carbons (Fsp3) is 0.333. The molecule has 1 aliphatic rings. The summed E-state index contributed by atoms with van der Waals surface area (Å²) in [6, 6.07) is 11.3. The molecule has 1 aliphatic heterocycles. The van der Waals surface area contributed by atoms with E-state index in [1.165, 1.54) is 5.56 Å². The van der Waals surface area contributed by atoms with E-state index in [1.54, 1.807) is 20.4 Å². The van der Waals surface area contributed by atoms with Crippen LogP contribution in [0.2, 0.25) is 0 Å². The fourth-order valence-corrected chi connectivity index (χ4v) is 3.59. The molecule has 45 heavy (non-hydrogen) atoms. The molecule has 0 radical (unpaired) electrons. The van der Waals surface area contributed by atoms with Crippen molar-refractivity contribution >= 4 is 23.5 Å². The van der Waals surface area contributed by atoms with Gasteiger partial charge in [0.1, 0.15) is 18.1 Å². The van der Waals surface area contributed by atoms with Crippen LogP contribution in [-0.2, 0) is 32.1 Å². The quantitative estimate of drug-likeness (QED) is 0.177. The van der Waals surface area contributed by atoms with E-state index in [0.717, 1.165) is 22.4 Å². The molecule has 2 aromatic carbocycles. The van der Waals surface area contributed by atoms with Crippen LogP contribution in [0.1, 0.15) is 11.1 Å². The van der Waals surface area contributed by atoms with Crippen molar-refractivity contribution in [2.45, 2.75) is 31.4 Å². The number of rotatable bonds is 8. The first kappa shape index (κ1) is 36.4. The predicted molar refractivity (Wildman–Crippen MR) is 145 cm³/mol. The molecule has 1 amide bonds. The summed E-state index contributed by atoms with van der Waals surface area (Å²) in [7, 11) is 3.26. The number of anilines is 1. The van der Waals surface area contributed by atoms with E-state index in [9.17, 15) is 31.1 Å². The summed E-state index contributed by atoms with van der Waals surface area (Å²) in [6.07, 6.45) is -6.03. The van der Waals surface area contributed by atoms with Gasteiger partial charge in [-0.15, -0.1) is 0 Å². The number of benzene rings is 2. The Kier molecular flexibility index (Phi) is 13.2. The second-order valence-electron chi connectivity index (χ2n) is 8.91. The molecule has 2 heterocycles. The SMILES string of the molecule is COCCOc1cc(-c2cn[nH]c2)ccc1NC(=O)[C@H]1Cc2cc(OC)ccc2CN1.O=C(O)C(F)(F)F.O=C(O)C(F)(F)F. The lowest BCUT2D eigenvalue weighted by Gasteiger charge is -2.26. The number of carbonyl (C=O) groups excluding carboxylic acids is 1. The summed E-state index contributed by atoms with van der Waals surface area (Å²) in [4.78, 5) is 30.8. The molecule has 0 fully saturated rings. The average Bonchev–Trinajstić information content (AvgIpc) is 3.52. The van der Waals surface area contributed by atoms with Crippen molar-refractivity contribution in [2.24, 2.45) is 0 Å². The first-order valence-corrected chi connectivity index (χ1v) is 12.6. The zero-order valence-electron chi connectivity index (χ0n) is 23.6. The number of halogens is 6. The van der Waals surface area contributed by atoms with Gasteiger partial charge >= 0.3 is 24.3 Å². The number of fused-ring (bicyclic) bond motifs is 1. The van der Waals surface area contributed by atoms with E-state index in [2.05, 4.69) is 20.8 Å². The highest BCUT2D eigenvalue weighted by atomic mass is 19.4. The van der Waals surface area contributed by atoms with Crippen LogP contribution in [0.3, 0.4) is 0 Å². The smallest absolute Gasteiger partial charge is 0.490 e. The van der Waals surface area contributed by atoms with Gasteiger partial charge in [-0.3, -0.25) is 9.89 Å². The van der Waals surface area contributed by atoms with Crippen molar-refractivity contribution in [2.75, 3.05) is 32.8 Å². The Labute approximate surface area is 251 Å². The number of hydrogen-bond donors (Lipinski definition) is 5. The van der Waals surface area contributed by atoms with E-state index in [1.807, 2.05) is 42.6 Å². The number of carboxylic acid groups (broad SMARTS) is 2. The molecule has 0 aliphatic carbocycles. The minimum Gasteiger partial charge on any atom is -0.497 e. The Morgan fingerprint density at radius 2 is 1.58 bits per heavy atom. The van der Waals surface area contributed by atoms with Gasteiger partial charge in [0.25, 0.3) is 0 Å². The number of aliphatic carboxylic acids is 2. The van der Waals surface area contributed by atoms with Gasteiger partial charge in [-0.25, -0.2) is 9.59 Å². The number of nitrogens with zero attached hydrogens (tertiary/aromatic N) is 1. The van der Waals surface area contributed by atoms with Crippen molar-refractivity contribution in [3.05, 3.63) is 59.9 Å². The highest BCUT2D eigenvalue weighted by Crippen LogP contribution is 2.31. The molecule has 0 saturated heterocycles. The monoisotopic (exact) mass is 650 g/mol. The normalized spacial score (nSPS) is 14.0. The van der Waals surface area contributed by atoms with Gasteiger partial charge in [-0.05, 0) is 47.4 Å². The Morgan fingerprint density at radius 3 is 2.11 bits per heavy atom. The third-order valence-corrected chi connectivity index (χ3v) is 5.79. The van der Waals surface area contributed by atoms with Crippen LogP contribution in [0, 0.1) is 0 Å². The van der Waals surface area contributed by atoms with Gasteiger partial charge in [0.2, 0.25) is 5.91 Å². The highest BCUT2D eigenvalue weighted by Gasteiger charge is 2.38. The topological polar surface area (TPSA) is 172 Å². The van der Waals surface area contributed by atoms with Gasteiger partial charge in [-0.2, -0.15) is 31.4 Å². The number of H-pyrrole nitrogens is 1. The first-order chi connectivity index (χ1) is 21.1. The van der Waals surface area contributed by atoms with Crippen LogP contribution >= 0.6 is 0 Å². The zero-order chi connectivity index (χ0) is 33.8. The summed E-state index contributed by atoms with van der Waals surface area (Å²) in [5.74, 6) is -4.24. The van der Waals surface area contributed by atoms with Gasteiger partial charge in [-0.1, -0.05) is 12.1 Å². The maximum Gasteiger partial charge on any atom is 0.490 e. The average molecular weight is 651 g/mol. The molecular weight excluding hydrogens is 622 g/mol. The molecule has 0 spiro atoms. The van der Waals surface area contributed by atoms with Crippen LogP contribution < -0.4 is 20.1 Å². The van der Waals surface area contributed by atoms with E-state index in [4.69, 9.17) is 34.0 Å². The second kappa shape index (κ2) is 16.3. The minimum absolute atomic E-state index is 0.110. The summed E-state index contributed by atoms with van der Waals surface area (Å²) >= 11 is 0. The third-order valence-electron chi connectivity index (χ3n) is 5.79. The van der Waals surface area contributed by atoms with E-state index >= 15 is 0 Å². The summed E-state index contributed by atoms with van der Waals surface area (Å²) in [6.45, 7) is 1.46. The van der Waals surface area contributed by atoms with Gasteiger partial charge in [0, 0.05) is 25.4 Å². The van der Waals surface area contributed by atoms with E-state index in [-0.39, 0.29) is 11.9 Å². The number of carboxylic acids is 2. The molecule has 3 aromatic rings. The largest absolute Gasteiger partial charge is 0.497 e. The molecule has 12 nitrogen and oxygen atoms in total. The summed E-state index contributed by atoms with van der Waals surface area (Å²) < 4.78 is 79.8. The van der Waals surface area contributed by atoms with Gasteiger partial charge < -0.3 is 35.1 Å². The fourth-order valence-electron chi connectivity index (χ4n) is 3.59. The number of amides is 1. The standard InChI is InChI=1S/C23H26N4O4.2C2HF3O2/c1-29-7-8-31-22-11-15(18-13-25-26-14-18)4-6-20(22)27-23(28)21-10-17-9-19(30-2)5-3-16(17)12-24-21;2*3-2(4,5)1(6)7/h3-6,9,11,13-14,21,24H,7-8,10,12H2,1-2H3,(H,25,26)(H,27,28);2*(H,6,7)/t21-;;/m1../s1. The Balaban J connectivity index is 0.000000421. The molecule has 0 unspecified atom stereocenters. The molecule has 0 bridgehead atoms. The van der Waals surface area contributed by atoms with Crippen molar-refractivity contribution in [3.63, 3.8) is 0 Å². The summed E-state index contributed by atoms with van der Waals surface area (Å²) in [5, 5.41) is 27.4. The molecule has 5 N–H and O–H groups in total. The lowest BCUT2D eigenvalue weighted by Crippen LogP contribution is -2.44. The predicted octanol–water partition coefficient (Wildman–Crippen LogP) is 4.03. The molecular formula is C27H28F6N4O8. The zero-order valence-corrected chi connectivity index (χ0v) is 23.6. The second-order valence-corrected chi connectivity index (χ2v) is 8.91. The summed E-state index contributed by atoms with van der Waals surface area (Å²) in [5.41, 5.74) is 4.79. The van der Waals surface area contributed by atoms with E-state index < -0.39 is 24.3 Å². The Hall–Kier alpha value is -4.84. The number of aromatic amines is 1. The highest BCUT2D eigenvalue weighted by molar-refractivity contribution is 5.97. The van der Waals surface area contributed by atoms with Crippen molar-refractivity contribution < 1.29 is 65.1 Å². The maximum absolute atomic E-state index is 13.0. The van der Waals surface area contributed by atoms with Crippen molar-refractivity contribution in [3.8, 4) is 22.6 Å². The Bertz CT molecular complexity index is 1410. The molecule has 246 valence electrons. The lowest BCUT2D eigenvalue weighted by molar-refractivity contribution is -0.193. The maximum atomic E-state index is 13.0. The third kappa shape index (κ3) is 11.6. The first-order valence-electron chi connectivity index (χ1n) is 12.6. The number of carbonyl (C=O) groups is 3. The van der Waals surface area contributed by atoms with Crippen LogP contribution in [0.25, 0.3) is 11.1 Å². The molecule has 4 rings (SSSR count). The number of nitrogens with one attached hydrogen (secondary N) is 3. The van der Waals surface area contributed by atoms with Crippen LogP contribution in [-0.4, -0.2) is 84.1 Å². The van der Waals surface area contributed by atoms with Crippen molar-refractivity contribution in [1.82, 2.24) is 15.5 Å². The van der Waals surface area contributed by atoms with Crippen LogP contribution in [0.4, 0.5) is 32.0 Å². The number of hydrogen-bond acceptors (Lipinski definition) is 8. The van der Waals surface area contributed by atoms with E-state index in [0.29, 0.717) is 37.6 Å². The number of ether oxygens (including phenoxy) is 3. The number of alkyl halides is 6. The Morgan fingerprint density at radius 1 is 0.933 bits per heavy atom. The molecule has 1 aromatic heterocycles. The molecule has 0 saturated carbocycles. The number of aromatic nitrogens is 2. The van der Waals surface area contributed by atoms with Crippen LogP contribution in [0.15, 0.2) is 48.8 Å². The van der Waals surface area contributed by atoms with Crippen molar-refractivity contribution in [1.29, 1.82) is 0 Å².